The number of halogens is 1. The highest BCUT2D eigenvalue weighted by Gasteiger charge is 2.31. The molecule has 0 aromatic heterocycles. The minimum atomic E-state index is -0.608. The molecule has 7 heteroatoms. The van der Waals surface area contributed by atoms with Crippen molar-refractivity contribution >= 4 is 40.7 Å². The summed E-state index contributed by atoms with van der Waals surface area (Å²) in [6.45, 7) is 7.39. The van der Waals surface area contributed by atoms with Crippen molar-refractivity contribution in [2.75, 3.05) is 5.32 Å². The number of rotatable bonds is 4. The number of aliphatic hydroxyl groups is 1. The lowest BCUT2D eigenvalue weighted by Crippen LogP contribution is -2.23. The molecule has 2 aromatic rings. The maximum atomic E-state index is 11.9. The van der Waals surface area contributed by atoms with Crippen LogP contribution in [-0.2, 0) is 9.53 Å². The van der Waals surface area contributed by atoms with Gasteiger partial charge in [0.05, 0.1) is 6.10 Å². The van der Waals surface area contributed by atoms with E-state index in [9.17, 15) is 19.5 Å². The molecule has 32 heavy (non-hydrogen) atoms. The quantitative estimate of drug-likeness (QED) is 0.412. The first-order valence-corrected chi connectivity index (χ1v) is 10.4. The van der Waals surface area contributed by atoms with Gasteiger partial charge in [-0.1, -0.05) is 53.6 Å². The Hall–Kier alpha value is -3.38. The van der Waals surface area contributed by atoms with E-state index < -0.39 is 17.7 Å². The highest BCUT2D eigenvalue weighted by atomic mass is 35.5. The Kier molecular flexibility index (Phi) is 8.79. The van der Waals surface area contributed by atoms with Crippen LogP contribution < -0.4 is 5.32 Å². The molecule has 0 unspecified atom stereocenters. The summed E-state index contributed by atoms with van der Waals surface area (Å²) in [5.74, 6) is -1.23. The summed E-state index contributed by atoms with van der Waals surface area (Å²) < 4.78 is 4.90. The van der Waals surface area contributed by atoms with E-state index in [0.717, 1.165) is 5.57 Å². The van der Waals surface area contributed by atoms with Gasteiger partial charge in [0, 0.05) is 27.4 Å². The fraction of sp³-hybridized carbons (Fsp3) is 0.240. The molecule has 0 atom stereocenters. The molecule has 0 spiro atoms. The van der Waals surface area contributed by atoms with E-state index in [-0.39, 0.29) is 29.4 Å². The van der Waals surface area contributed by atoms with E-state index in [4.69, 9.17) is 16.3 Å². The van der Waals surface area contributed by atoms with Gasteiger partial charge in [0.2, 0.25) is 11.6 Å². The van der Waals surface area contributed by atoms with E-state index in [0.29, 0.717) is 16.3 Å². The number of allylic oxidation sites excluding steroid dienone is 3. The van der Waals surface area contributed by atoms with Crippen molar-refractivity contribution in [2.24, 2.45) is 0 Å². The molecular weight excluding hydrogens is 430 g/mol. The topological polar surface area (TPSA) is 92.7 Å². The van der Waals surface area contributed by atoms with Crippen molar-refractivity contribution in [3.05, 3.63) is 81.9 Å². The lowest BCUT2D eigenvalue weighted by Gasteiger charge is -2.16. The third-order valence-corrected chi connectivity index (χ3v) is 4.56. The summed E-state index contributed by atoms with van der Waals surface area (Å²) >= 11 is 5.74. The zero-order valence-electron chi connectivity index (χ0n) is 18.4. The molecule has 0 bridgehead atoms. The first-order valence-electron chi connectivity index (χ1n) is 10.1. The zero-order chi connectivity index (χ0) is 23.8. The van der Waals surface area contributed by atoms with Gasteiger partial charge in [0.25, 0.3) is 0 Å². The van der Waals surface area contributed by atoms with E-state index in [1.807, 2.05) is 19.9 Å². The fourth-order valence-corrected chi connectivity index (χ4v) is 3.03. The third kappa shape index (κ3) is 6.82. The predicted molar refractivity (Wildman–Crippen MR) is 126 cm³/mol. The third-order valence-electron chi connectivity index (χ3n) is 4.32. The van der Waals surface area contributed by atoms with Gasteiger partial charge < -0.3 is 9.84 Å². The average molecular weight is 456 g/mol. The van der Waals surface area contributed by atoms with Crippen LogP contribution in [0.4, 0.5) is 10.5 Å². The molecule has 0 aliphatic heterocycles. The van der Waals surface area contributed by atoms with Crippen LogP contribution in [0, 0.1) is 0 Å². The van der Waals surface area contributed by atoms with Gasteiger partial charge in [-0.2, -0.15) is 0 Å². The van der Waals surface area contributed by atoms with Crippen LogP contribution in [0.1, 0.15) is 50.0 Å². The second-order valence-corrected chi connectivity index (χ2v) is 8.04. The van der Waals surface area contributed by atoms with Crippen molar-refractivity contribution < 1.29 is 24.2 Å². The Labute approximate surface area is 192 Å². The SMILES string of the molecule is CC(C)=CCC1=C(O)c2ccccc2C(=O)C1=O.CC(C)OC(=O)Nc1cccc(Cl)c1. The van der Waals surface area contributed by atoms with Crippen molar-refractivity contribution in [1.29, 1.82) is 0 Å². The number of hydrogen-bond acceptors (Lipinski definition) is 5. The number of Topliss-reactive ketones (excluding diaryl/α,β-unsaturated/α-hetero) is 2. The number of carbonyl (C=O) groups is 3. The Morgan fingerprint density at radius 1 is 1.06 bits per heavy atom. The number of ketones is 2. The summed E-state index contributed by atoms with van der Waals surface area (Å²) in [7, 11) is 0. The number of ether oxygens (including phenoxy) is 1. The smallest absolute Gasteiger partial charge is 0.411 e. The van der Waals surface area contributed by atoms with Crippen LogP contribution >= 0.6 is 11.6 Å². The molecule has 0 saturated heterocycles. The molecule has 1 amide bonds. The molecule has 0 fully saturated rings. The monoisotopic (exact) mass is 455 g/mol. The number of benzene rings is 2. The number of hydrogen-bond donors (Lipinski definition) is 2. The van der Waals surface area contributed by atoms with Crippen LogP contribution in [-0.4, -0.2) is 28.9 Å². The Bertz CT molecular complexity index is 1080. The van der Waals surface area contributed by atoms with Crippen molar-refractivity contribution in [3.63, 3.8) is 0 Å². The molecule has 1 aliphatic rings. The van der Waals surface area contributed by atoms with Crippen LogP contribution in [0.15, 0.2) is 65.8 Å². The Balaban J connectivity index is 0.000000235. The van der Waals surface area contributed by atoms with Crippen molar-refractivity contribution in [3.8, 4) is 0 Å². The van der Waals surface area contributed by atoms with Crippen LogP contribution in [0.25, 0.3) is 5.76 Å². The number of carbonyl (C=O) groups excluding carboxylic acids is 3. The number of amides is 1. The maximum absolute atomic E-state index is 11.9. The summed E-state index contributed by atoms with van der Waals surface area (Å²) in [5, 5.41) is 13.2. The predicted octanol–water partition coefficient (Wildman–Crippen LogP) is 6.37. The first kappa shape index (κ1) is 24.9. The van der Waals surface area contributed by atoms with Crippen molar-refractivity contribution in [2.45, 2.75) is 40.2 Å². The minimum Gasteiger partial charge on any atom is -0.507 e. The van der Waals surface area contributed by atoms with Crippen molar-refractivity contribution in [1.82, 2.24) is 0 Å². The van der Waals surface area contributed by atoms with E-state index >= 15 is 0 Å². The van der Waals surface area contributed by atoms with Gasteiger partial charge in [0.1, 0.15) is 5.76 Å². The van der Waals surface area contributed by atoms with Gasteiger partial charge in [-0.3, -0.25) is 14.9 Å². The molecule has 3 rings (SSSR count). The number of anilines is 1. The van der Waals surface area contributed by atoms with Gasteiger partial charge in [-0.25, -0.2) is 4.79 Å². The standard InChI is InChI=1S/C15H14O3.C10H12ClNO2/c1-9(2)7-8-12-13(16)10-5-3-4-6-11(10)14(17)15(12)18;1-7(2)14-10(13)12-9-5-3-4-8(11)6-9/h3-7,16H,8H2,1-2H3;3-7H,1-2H3,(H,12,13). The minimum absolute atomic E-state index is 0.0762. The van der Waals surface area contributed by atoms with Crippen LogP contribution in [0.5, 0.6) is 0 Å². The summed E-state index contributed by atoms with van der Waals surface area (Å²) in [5.41, 5.74) is 2.57. The highest BCUT2D eigenvalue weighted by Crippen LogP contribution is 2.29. The molecule has 2 N–H and O–H groups in total. The van der Waals surface area contributed by atoms with Gasteiger partial charge in [-0.15, -0.1) is 0 Å². The Morgan fingerprint density at radius 2 is 1.72 bits per heavy atom. The number of fused-ring (bicyclic) bond motifs is 1. The summed E-state index contributed by atoms with van der Waals surface area (Å²) in [6, 6.07) is 13.5. The van der Waals surface area contributed by atoms with Crippen LogP contribution in [0.3, 0.4) is 0 Å². The zero-order valence-corrected chi connectivity index (χ0v) is 19.2. The lowest BCUT2D eigenvalue weighted by molar-refractivity contribution is -0.112. The second kappa shape index (κ2) is 11.3. The summed E-state index contributed by atoms with van der Waals surface area (Å²) in [6.07, 6.45) is 1.51. The Morgan fingerprint density at radius 3 is 2.31 bits per heavy atom. The fourth-order valence-electron chi connectivity index (χ4n) is 2.84. The highest BCUT2D eigenvalue weighted by molar-refractivity contribution is 6.52. The maximum Gasteiger partial charge on any atom is 0.411 e. The molecule has 168 valence electrons. The van der Waals surface area contributed by atoms with Gasteiger partial charge >= 0.3 is 6.09 Å². The first-order chi connectivity index (χ1) is 15.1. The molecule has 0 heterocycles. The van der Waals surface area contributed by atoms with E-state index in [1.54, 1.807) is 62.4 Å². The molecule has 6 nitrogen and oxygen atoms in total. The molecule has 0 radical (unpaired) electrons. The lowest BCUT2D eigenvalue weighted by atomic mass is 9.87. The molecular formula is C25H26ClNO5. The van der Waals surface area contributed by atoms with Gasteiger partial charge in [-0.05, 0) is 52.3 Å². The molecule has 1 aliphatic carbocycles. The number of nitrogens with one attached hydrogen (secondary N) is 1. The normalized spacial score (nSPS) is 12.6. The number of aliphatic hydroxyl groups excluding tert-OH is 1. The average Bonchev–Trinajstić information content (AvgIpc) is 2.72. The van der Waals surface area contributed by atoms with E-state index in [2.05, 4.69) is 5.32 Å². The van der Waals surface area contributed by atoms with E-state index in [1.165, 1.54) is 0 Å². The van der Waals surface area contributed by atoms with Gasteiger partial charge in [0.15, 0.2) is 0 Å². The van der Waals surface area contributed by atoms with Crippen LogP contribution in [0.2, 0.25) is 5.02 Å². The summed E-state index contributed by atoms with van der Waals surface area (Å²) in [4.78, 5) is 35.0. The largest absolute Gasteiger partial charge is 0.507 e. The second-order valence-electron chi connectivity index (χ2n) is 7.61. The molecule has 0 saturated carbocycles. The molecule has 2 aromatic carbocycles.